The van der Waals surface area contributed by atoms with Crippen LogP contribution in [0.3, 0.4) is 0 Å². The lowest BCUT2D eigenvalue weighted by Crippen LogP contribution is -2.35. The van der Waals surface area contributed by atoms with Gasteiger partial charge < -0.3 is 24.5 Å². The predicted molar refractivity (Wildman–Crippen MR) is 129 cm³/mol. The zero-order valence-electron chi connectivity index (χ0n) is 20.1. The van der Waals surface area contributed by atoms with Crippen molar-refractivity contribution >= 4 is 22.5 Å². The number of nitrogens with zero attached hydrogens (tertiary/aromatic N) is 3. The number of rotatable bonds is 7. The van der Waals surface area contributed by atoms with Crippen LogP contribution >= 0.6 is 0 Å². The van der Waals surface area contributed by atoms with Crippen LogP contribution in [0.4, 0.5) is 5.82 Å². The molecule has 0 radical (unpaired) electrons. The van der Waals surface area contributed by atoms with Crippen LogP contribution in [0, 0.1) is 11.8 Å². The SMILES string of the molecule is CC(C)Cn1cc(C(=O)c2cncnc2N[C@H]2C[C@H](CO)[C@H]3OC(C)(C)O[C@H]32)c2ccccc21. The lowest BCUT2D eigenvalue weighted by molar-refractivity contribution is -0.158. The van der Waals surface area contributed by atoms with Crippen LogP contribution in [-0.2, 0) is 16.0 Å². The van der Waals surface area contributed by atoms with Crippen molar-refractivity contribution in [2.45, 2.75) is 64.7 Å². The van der Waals surface area contributed by atoms with E-state index >= 15 is 0 Å². The van der Waals surface area contributed by atoms with Gasteiger partial charge in [-0.15, -0.1) is 0 Å². The van der Waals surface area contributed by atoms with Crippen molar-refractivity contribution in [1.29, 1.82) is 0 Å². The van der Waals surface area contributed by atoms with Crippen LogP contribution in [-0.4, -0.2) is 56.1 Å². The van der Waals surface area contributed by atoms with Gasteiger partial charge in [0.1, 0.15) is 18.2 Å². The molecule has 0 unspecified atom stereocenters. The monoisotopic (exact) mass is 464 g/mol. The standard InChI is InChI=1S/C26H32N4O4/c1-15(2)11-30-12-19(17-7-5-6-8-21(17)30)22(32)18-10-27-14-28-25(18)29-20-9-16(13-31)23-24(20)34-26(3,4)33-23/h5-8,10,12,14-16,20,23-24,31H,9,11,13H2,1-4H3,(H,27,28,29)/t16-,20+,23-,24+/m1/s1. The normalized spacial score (nSPS) is 25.7. The first-order valence-electron chi connectivity index (χ1n) is 11.9. The molecular weight excluding hydrogens is 432 g/mol. The second-order valence-electron chi connectivity index (χ2n) is 10.2. The molecule has 2 N–H and O–H groups in total. The molecule has 1 aliphatic heterocycles. The molecule has 2 fully saturated rings. The number of carbonyl (C=O) groups excluding carboxylic acids is 1. The summed E-state index contributed by atoms with van der Waals surface area (Å²) < 4.78 is 14.3. The van der Waals surface area contributed by atoms with Gasteiger partial charge in [-0.1, -0.05) is 32.0 Å². The second kappa shape index (κ2) is 8.76. The van der Waals surface area contributed by atoms with E-state index in [1.807, 2.05) is 44.3 Å². The second-order valence-corrected chi connectivity index (χ2v) is 10.2. The van der Waals surface area contributed by atoms with Crippen molar-refractivity contribution in [3.63, 3.8) is 0 Å². The number of anilines is 1. The highest BCUT2D eigenvalue weighted by Gasteiger charge is 2.54. The number of aliphatic hydroxyl groups is 1. The van der Waals surface area contributed by atoms with Gasteiger partial charge in [0.05, 0.1) is 17.7 Å². The van der Waals surface area contributed by atoms with E-state index < -0.39 is 5.79 Å². The minimum absolute atomic E-state index is 0.0176. The Labute approximate surface area is 199 Å². The van der Waals surface area contributed by atoms with Crippen molar-refractivity contribution in [3.05, 3.63) is 54.1 Å². The number of carbonyl (C=O) groups is 1. The van der Waals surface area contributed by atoms with Gasteiger partial charge in [-0.25, -0.2) is 9.97 Å². The van der Waals surface area contributed by atoms with Gasteiger partial charge in [-0.05, 0) is 32.3 Å². The molecule has 8 heteroatoms. The average Bonchev–Trinajstić information content (AvgIpc) is 3.42. The van der Waals surface area contributed by atoms with Gasteiger partial charge >= 0.3 is 0 Å². The number of fused-ring (bicyclic) bond motifs is 2. The van der Waals surface area contributed by atoms with E-state index in [0.29, 0.717) is 29.3 Å². The topological polar surface area (TPSA) is 98.5 Å². The minimum atomic E-state index is -0.717. The molecule has 0 spiro atoms. The van der Waals surface area contributed by atoms with Crippen molar-refractivity contribution in [2.24, 2.45) is 11.8 Å². The fourth-order valence-corrected chi connectivity index (χ4v) is 5.31. The number of nitrogens with one attached hydrogen (secondary N) is 1. The van der Waals surface area contributed by atoms with Gasteiger partial charge in [0, 0.05) is 47.9 Å². The molecule has 1 aromatic carbocycles. The summed E-state index contributed by atoms with van der Waals surface area (Å²) in [5.41, 5.74) is 2.08. The third-order valence-electron chi connectivity index (χ3n) is 6.69. The molecular formula is C26H32N4O4. The zero-order valence-corrected chi connectivity index (χ0v) is 20.1. The Kier molecular flexibility index (Phi) is 5.91. The Balaban J connectivity index is 1.47. The van der Waals surface area contributed by atoms with Gasteiger partial charge in [0.2, 0.25) is 0 Å². The smallest absolute Gasteiger partial charge is 0.200 e. The van der Waals surface area contributed by atoms with Crippen molar-refractivity contribution < 1.29 is 19.4 Å². The number of hydrogen-bond acceptors (Lipinski definition) is 7. The van der Waals surface area contributed by atoms with E-state index in [4.69, 9.17) is 9.47 Å². The highest BCUT2D eigenvalue weighted by Crippen LogP contribution is 2.42. The Morgan fingerprint density at radius 1 is 1.24 bits per heavy atom. The third kappa shape index (κ3) is 4.10. The number of para-hydroxylation sites is 1. The number of aromatic nitrogens is 3. The number of benzene rings is 1. The molecule has 8 nitrogen and oxygen atoms in total. The first-order valence-corrected chi connectivity index (χ1v) is 11.9. The van der Waals surface area contributed by atoms with Gasteiger partial charge in [-0.3, -0.25) is 4.79 Å². The largest absolute Gasteiger partial charge is 0.396 e. The molecule has 2 aliphatic rings. The molecule has 5 rings (SSSR count). The first-order chi connectivity index (χ1) is 16.3. The van der Waals surface area contributed by atoms with Crippen LogP contribution < -0.4 is 5.32 Å². The highest BCUT2D eigenvalue weighted by atomic mass is 16.8. The molecule has 1 aliphatic carbocycles. The fourth-order valence-electron chi connectivity index (χ4n) is 5.31. The van der Waals surface area contributed by atoms with E-state index in [0.717, 1.165) is 17.4 Å². The van der Waals surface area contributed by atoms with E-state index in [9.17, 15) is 9.90 Å². The van der Waals surface area contributed by atoms with Crippen LogP contribution in [0.2, 0.25) is 0 Å². The number of ketones is 1. The molecule has 180 valence electrons. The van der Waals surface area contributed by atoms with E-state index in [-0.39, 0.29) is 36.6 Å². The van der Waals surface area contributed by atoms with Gasteiger partial charge in [-0.2, -0.15) is 0 Å². The molecule has 0 bridgehead atoms. The summed E-state index contributed by atoms with van der Waals surface area (Å²) in [5.74, 6) is 0.0318. The summed E-state index contributed by atoms with van der Waals surface area (Å²) >= 11 is 0. The van der Waals surface area contributed by atoms with Crippen molar-refractivity contribution in [3.8, 4) is 0 Å². The van der Waals surface area contributed by atoms with Crippen molar-refractivity contribution in [2.75, 3.05) is 11.9 Å². The lowest BCUT2D eigenvalue weighted by Gasteiger charge is -2.24. The molecule has 34 heavy (non-hydrogen) atoms. The maximum absolute atomic E-state index is 13.8. The predicted octanol–water partition coefficient (Wildman–Crippen LogP) is 3.63. The van der Waals surface area contributed by atoms with Crippen LogP contribution in [0.15, 0.2) is 43.0 Å². The number of hydrogen-bond donors (Lipinski definition) is 2. The Bertz CT molecular complexity index is 1200. The van der Waals surface area contributed by atoms with E-state index in [1.165, 1.54) is 6.33 Å². The molecule has 1 saturated heterocycles. The third-order valence-corrected chi connectivity index (χ3v) is 6.69. The molecule has 3 aromatic rings. The van der Waals surface area contributed by atoms with Gasteiger partial charge in [0.25, 0.3) is 0 Å². The Hall–Kier alpha value is -2.81. The maximum atomic E-state index is 13.8. The highest BCUT2D eigenvalue weighted by molar-refractivity contribution is 6.18. The minimum Gasteiger partial charge on any atom is -0.396 e. The van der Waals surface area contributed by atoms with E-state index in [2.05, 4.69) is 33.7 Å². The van der Waals surface area contributed by atoms with Crippen LogP contribution in [0.25, 0.3) is 10.9 Å². The van der Waals surface area contributed by atoms with Crippen molar-refractivity contribution in [1.82, 2.24) is 14.5 Å². The average molecular weight is 465 g/mol. The summed E-state index contributed by atoms with van der Waals surface area (Å²) in [4.78, 5) is 22.3. The molecule has 0 amide bonds. The lowest BCUT2D eigenvalue weighted by atomic mass is 10.0. The zero-order chi connectivity index (χ0) is 24.0. The number of ether oxygens (including phenoxy) is 2. The summed E-state index contributed by atoms with van der Waals surface area (Å²) in [7, 11) is 0. The van der Waals surface area contributed by atoms with Gasteiger partial charge in [0.15, 0.2) is 11.6 Å². The Morgan fingerprint density at radius 3 is 2.76 bits per heavy atom. The fraction of sp³-hybridized carbons (Fsp3) is 0.500. The molecule has 3 heterocycles. The maximum Gasteiger partial charge on any atom is 0.200 e. The Morgan fingerprint density at radius 2 is 2.00 bits per heavy atom. The quantitative estimate of drug-likeness (QED) is 0.515. The molecule has 2 aromatic heterocycles. The number of aliphatic hydroxyl groups excluding tert-OH is 1. The van der Waals surface area contributed by atoms with Crippen LogP contribution in [0.5, 0.6) is 0 Å². The van der Waals surface area contributed by atoms with E-state index in [1.54, 1.807) is 6.20 Å². The molecule has 1 saturated carbocycles. The summed E-state index contributed by atoms with van der Waals surface area (Å²) in [6.07, 6.45) is 5.16. The summed E-state index contributed by atoms with van der Waals surface area (Å²) in [6, 6.07) is 7.82. The van der Waals surface area contributed by atoms with Crippen LogP contribution in [0.1, 0.15) is 50.0 Å². The summed E-state index contributed by atoms with van der Waals surface area (Å²) in [6.45, 7) is 8.92. The molecule has 4 atom stereocenters. The first kappa shape index (κ1) is 23.0. The summed E-state index contributed by atoms with van der Waals surface area (Å²) in [5, 5.41) is 14.2.